The van der Waals surface area contributed by atoms with E-state index in [9.17, 15) is 14.9 Å². The number of nitrogens with one attached hydrogen (secondary N) is 1. The van der Waals surface area contributed by atoms with Gasteiger partial charge in [0.25, 0.3) is 11.6 Å². The van der Waals surface area contributed by atoms with Gasteiger partial charge in [-0.2, -0.15) is 0 Å². The van der Waals surface area contributed by atoms with E-state index in [0.717, 1.165) is 11.1 Å². The number of rotatable bonds is 10. The first-order chi connectivity index (χ1) is 16.4. The highest BCUT2D eigenvalue weighted by atomic mass is 79.9. The molecule has 0 fully saturated rings. The van der Waals surface area contributed by atoms with E-state index < -0.39 is 4.92 Å². The van der Waals surface area contributed by atoms with Gasteiger partial charge in [-0.15, -0.1) is 0 Å². The van der Waals surface area contributed by atoms with Crippen LogP contribution in [-0.4, -0.2) is 30.8 Å². The fourth-order valence-electron chi connectivity index (χ4n) is 2.85. The third kappa shape index (κ3) is 7.04. The molecule has 3 rings (SSSR count). The monoisotopic (exact) mass is 527 g/mol. The zero-order valence-corrected chi connectivity index (χ0v) is 20.1. The van der Waals surface area contributed by atoms with Crippen LogP contribution in [0, 0.1) is 17.0 Å². The van der Waals surface area contributed by atoms with Crippen molar-refractivity contribution < 1.29 is 24.0 Å². The number of amides is 1. The lowest BCUT2D eigenvalue weighted by atomic mass is 10.2. The molecule has 1 amide bonds. The number of anilines is 1. The number of halogens is 1. The van der Waals surface area contributed by atoms with Crippen LogP contribution >= 0.6 is 15.9 Å². The Kier molecular flexibility index (Phi) is 8.58. The van der Waals surface area contributed by atoms with Crippen molar-refractivity contribution in [3.8, 4) is 11.5 Å². The van der Waals surface area contributed by atoms with Crippen molar-refractivity contribution >= 4 is 39.4 Å². The van der Waals surface area contributed by atoms with E-state index in [1.54, 1.807) is 24.3 Å². The Morgan fingerprint density at radius 3 is 2.50 bits per heavy atom. The number of hydrogen-bond acceptors (Lipinski definition) is 7. The Balaban J connectivity index is 1.56. The summed E-state index contributed by atoms with van der Waals surface area (Å²) in [6, 6.07) is 17.0. The van der Waals surface area contributed by atoms with Crippen molar-refractivity contribution in [3.05, 3.63) is 91.9 Å². The molecule has 0 bridgehead atoms. The van der Waals surface area contributed by atoms with Gasteiger partial charge in [0.15, 0.2) is 18.1 Å². The summed E-state index contributed by atoms with van der Waals surface area (Å²) in [5, 5.41) is 17.3. The lowest BCUT2D eigenvalue weighted by Gasteiger charge is -2.13. The number of carbonyl (C=O) groups excluding carboxylic acids is 1. The molecule has 3 aromatic carbocycles. The van der Waals surface area contributed by atoms with Crippen molar-refractivity contribution in [1.82, 2.24) is 0 Å². The van der Waals surface area contributed by atoms with E-state index in [4.69, 9.17) is 14.3 Å². The fourth-order valence-corrected chi connectivity index (χ4v) is 3.43. The minimum atomic E-state index is -0.454. The number of methoxy groups -OCH3 is 1. The van der Waals surface area contributed by atoms with E-state index in [-0.39, 0.29) is 24.8 Å². The lowest BCUT2D eigenvalue weighted by Crippen LogP contribution is -2.16. The molecule has 0 atom stereocenters. The smallest absolute Gasteiger partial charge is 0.269 e. The molecule has 0 spiro atoms. The molecule has 10 heteroatoms. The van der Waals surface area contributed by atoms with Crippen LogP contribution in [0.2, 0.25) is 0 Å². The Morgan fingerprint density at radius 2 is 1.85 bits per heavy atom. The van der Waals surface area contributed by atoms with Crippen molar-refractivity contribution in [2.45, 2.75) is 13.5 Å². The van der Waals surface area contributed by atoms with Gasteiger partial charge in [-0.1, -0.05) is 22.9 Å². The molecule has 0 saturated carbocycles. The minimum absolute atomic E-state index is 0.0148. The predicted octanol–water partition coefficient (Wildman–Crippen LogP) is 5.24. The molecular weight excluding hydrogens is 506 g/mol. The van der Waals surface area contributed by atoms with Crippen molar-refractivity contribution in [2.24, 2.45) is 5.16 Å². The molecule has 0 aromatic heterocycles. The average Bonchev–Trinajstić information content (AvgIpc) is 2.82. The van der Waals surface area contributed by atoms with Gasteiger partial charge in [-0.3, -0.25) is 14.9 Å². The van der Waals surface area contributed by atoms with Crippen LogP contribution in [-0.2, 0) is 16.2 Å². The van der Waals surface area contributed by atoms with Crippen molar-refractivity contribution in [3.63, 3.8) is 0 Å². The number of ether oxygens (including phenoxy) is 2. The molecule has 34 heavy (non-hydrogen) atoms. The molecule has 0 aliphatic heterocycles. The average molecular weight is 528 g/mol. The van der Waals surface area contributed by atoms with E-state index in [0.29, 0.717) is 27.2 Å². The van der Waals surface area contributed by atoms with Gasteiger partial charge in [0.1, 0.15) is 6.61 Å². The number of benzene rings is 3. The van der Waals surface area contributed by atoms with E-state index in [1.165, 1.54) is 25.5 Å². The molecule has 0 heterocycles. The highest BCUT2D eigenvalue weighted by molar-refractivity contribution is 9.10. The summed E-state index contributed by atoms with van der Waals surface area (Å²) < 4.78 is 11.9. The molecule has 1 N–H and O–H groups in total. The van der Waals surface area contributed by atoms with Crippen molar-refractivity contribution in [1.29, 1.82) is 0 Å². The van der Waals surface area contributed by atoms with Crippen LogP contribution in [0.1, 0.15) is 16.7 Å². The maximum atomic E-state index is 12.0. The lowest BCUT2D eigenvalue weighted by molar-refractivity contribution is -0.384. The largest absolute Gasteiger partial charge is 0.493 e. The molecule has 3 aromatic rings. The van der Waals surface area contributed by atoms with Crippen LogP contribution in [0.3, 0.4) is 0 Å². The number of aryl methyl sites for hydroxylation is 1. The third-order valence-electron chi connectivity index (χ3n) is 4.59. The maximum absolute atomic E-state index is 12.0. The number of oxime groups is 1. The molecule has 0 saturated heterocycles. The second-order valence-corrected chi connectivity index (χ2v) is 8.02. The molecule has 9 nitrogen and oxygen atoms in total. The Morgan fingerprint density at radius 1 is 1.15 bits per heavy atom. The molecule has 0 aliphatic rings. The fraction of sp³-hybridized carbons (Fsp3) is 0.167. The first-order valence-electron chi connectivity index (χ1n) is 10.1. The predicted molar refractivity (Wildman–Crippen MR) is 131 cm³/mol. The number of nitro groups is 1. The summed E-state index contributed by atoms with van der Waals surface area (Å²) in [6.07, 6.45) is 1.45. The van der Waals surface area contributed by atoms with Gasteiger partial charge in [-0.25, -0.2) is 0 Å². The molecule has 0 unspecified atom stereocenters. The summed E-state index contributed by atoms with van der Waals surface area (Å²) in [5.41, 5.74) is 3.22. The van der Waals surface area contributed by atoms with Gasteiger partial charge < -0.3 is 19.6 Å². The summed E-state index contributed by atoms with van der Waals surface area (Å²) in [5.74, 6) is 0.598. The number of carbonyl (C=O) groups is 1. The molecule has 0 radical (unpaired) electrons. The second kappa shape index (κ2) is 11.8. The SMILES string of the molecule is COc1cc(/C=N/OCC(=O)Nc2ccc(C)cc2)cc(Br)c1OCc1ccc([N+](=O)[O-])cc1. The standard InChI is InChI=1S/C24H22BrN3O6/c1-16-3-7-19(8-4-16)27-23(29)15-34-26-13-18-11-21(25)24(22(12-18)32-2)33-14-17-5-9-20(10-6-17)28(30)31/h3-13H,14-15H2,1-2H3,(H,27,29)/b26-13+. The first-order valence-corrected chi connectivity index (χ1v) is 10.9. The number of hydrogen-bond donors (Lipinski definition) is 1. The topological polar surface area (TPSA) is 112 Å². The van der Waals surface area contributed by atoms with E-state index >= 15 is 0 Å². The van der Waals surface area contributed by atoms with Crippen LogP contribution in [0.4, 0.5) is 11.4 Å². The van der Waals surface area contributed by atoms with Gasteiger partial charge in [0, 0.05) is 23.4 Å². The molecule has 0 aliphatic carbocycles. The number of non-ortho nitro benzene ring substituents is 1. The first kappa shape index (κ1) is 24.7. The van der Waals surface area contributed by atoms with Crippen LogP contribution in [0.5, 0.6) is 11.5 Å². The molecule has 176 valence electrons. The third-order valence-corrected chi connectivity index (χ3v) is 5.18. The van der Waals surface area contributed by atoms with Crippen molar-refractivity contribution in [2.75, 3.05) is 19.0 Å². The summed E-state index contributed by atoms with van der Waals surface area (Å²) in [7, 11) is 1.51. The highest BCUT2D eigenvalue weighted by Gasteiger charge is 2.12. The Hall–Kier alpha value is -3.92. The van der Waals surface area contributed by atoms with Crippen LogP contribution < -0.4 is 14.8 Å². The molecular formula is C24H22BrN3O6. The second-order valence-electron chi connectivity index (χ2n) is 7.17. The Bertz CT molecular complexity index is 1180. The zero-order chi connectivity index (χ0) is 24.5. The van der Waals surface area contributed by atoms with Crippen LogP contribution in [0.25, 0.3) is 0 Å². The van der Waals surface area contributed by atoms with E-state index in [1.807, 2.05) is 31.2 Å². The van der Waals surface area contributed by atoms with Gasteiger partial charge in [0.2, 0.25) is 0 Å². The van der Waals surface area contributed by atoms with Gasteiger partial charge >= 0.3 is 0 Å². The number of nitro benzene ring substituents is 1. The summed E-state index contributed by atoms with van der Waals surface area (Å²) >= 11 is 3.46. The number of nitrogens with zero attached hydrogens (tertiary/aromatic N) is 2. The summed E-state index contributed by atoms with van der Waals surface area (Å²) in [4.78, 5) is 27.4. The van der Waals surface area contributed by atoms with E-state index in [2.05, 4.69) is 26.4 Å². The normalized spacial score (nSPS) is 10.7. The Labute approximate surface area is 204 Å². The minimum Gasteiger partial charge on any atom is -0.493 e. The van der Waals surface area contributed by atoms with Gasteiger partial charge in [0.05, 0.1) is 22.7 Å². The maximum Gasteiger partial charge on any atom is 0.269 e. The zero-order valence-electron chi connectivity index (χ0n) is 18.5. The quantitative estimate of drug-likeness (QED) is 0.219. The van der Waals surface area contributed by atoms with Crippen LogP contribution in [0.15, 0.2) is 70.3 Å². The highest BCUT2D eigenvalue weighted by Crippen LogP contribution is 2.37. The summed E-state index contributed by atoms with van der Waals surface area (Å²) in [6.45, 7) is 1.92. The van der Waals surface area contributed by atoms with Gasteiger partial charge in [-0.05, 0) is 64.8 Å².